The highest BCUT2D eigenvalue weighted by atomic mass is 16.5. The Morgan fingerprint density at radius 1 is 1.14 bits per heavy atom. The van der Waals surface area contributed by atoms with Crippen molar-refractivity contribution < 1.29 is 14.3 Å². The number of nitrogens with one attached hydrogen (secondary N) is 2. The van der Waals surface area contributed by atoms with Crippen LogP contribution in [0.1, 0.15) is 67.9 Å². The van der Waals surface area contributed by atoms with Gasteiger partial charge in [0.05, 0.1) is 37.3 Å². The first-order valence-corrected chi connectivity index (χ1v) is 13.0. The molecule has 2 aliphatic rings. The van der Waals surface area contributed by atoms with Gasteiger partial charge in [-0.25, -0.2) is 0 Å². The van der Waals surface area contributed by atoms with Gasteiger partial charge in [-0.2, -0.15) is 0 Å². The topological polar surface area (TPSA) is 75.2 Å². The quantitative estimate of drug-likeness (QED) is 0.397. The van der Waals surface area contributed by atoms with Gasteiger partial charge in [0, 0.05) is 17.8 Å². The van der Waals surface area contributed by atoms with E-state index in [2.05, 4.69) is 33.2 Å². The zero-order valence-electron chi connectivity index (χ0n) is 22.3. The molecule has 2 atom stereocenters. The average molecular weight is 503 g/mol. The number of aliphatic imine (C=N–C) groups is 1. The number of amides is 1. The van der Waals surface area contributed by atoms with Crippen LogP contribution in [-0.4, -0.2) is 38.0 Å². The average Bonchev–Trinajstić information content (AvgIpc) is 3.32. The third-order valence-electron chi connectivity index (χ3n) is 7.19. The lowest BCUT2D eigenvalue weighted by atomic mass is 9.93. The molecule has 2 aromatic carbocycles. The van der Waals surface area contributed by atoms with Gasteiger partial charge in [-0.3, -0.25) is 9.79 Å². The van der Waals surface area contributed by atoms with Gasteiger partial charge in [0.1, 0.15) is 6.17 Å². The number of anilines is 2. The minimum atomic E-state index is -0.208. The zero-order chi connectivity index (χ0) is 26.4. The first-order chi connectivity index (χ1) is 18.0. The summed E-state index contributed by atoms with van der Waals surface area (Å²) in [5, 5.41) is 6.74. The summed E-state index contributed by atoms with van der Waals surface area (Å²) in [6.45, 7) is 7.93. The fourth-order valence-corrected chi connectivity index (χ4v) is 5.24. The summed E-state index contributed by atoms with van der Waals surface area (Å²) >= 11 is 0. The highest BCUT2D eigenvalue weighted by Crippen LogP contribution is 2.40. The van der Waals surface area contributed by atoms with Gasteiger partial charge in [-0.1, -0.05) is 38.0 Å². The molecule has 1 saturated carbocycles. The molecule has 0 aromatic heterocycles. The molecule has 37 heavy (non-hydrogen) atoms. The van der Waals surface area contributed by atoms with Gasteiger partial charge in [0.2, 0.25) is 0 Å². The molecule has 2 aromatic rings. The van der Waals surface area contributed by atoms with E-state index in [0.717, 1.165) is 35.5 Å². The summed E-state index contributed by atoms with van der Waals surface area (Å²) < 4.78 is 10.7. The van der Waals surface area contributed by atoms with Crippen LogP contribution >= 0.6 is 0 Å². The molecule has 1 aliphatic carbocycles. The molecule has 0 saturated heterocycles. The van der Waals surface area contributed by atoms with Gasteiger partial charge >= 0.3 is 0 Å². The Morgan fingerprint density at radius 3 is 2.57 bits per heavy atom. The molecule has 0 spiro atoms. The van der Waals surface area contributed by atoms with E-state index in [4.69, 9.17) is 9.47 Å². The number of nitrogens with zero attached hydrogens (tertiary/aromatic N) is 2. The first-order valence-electron chi connectivity index (χ1n) is 13.0. The van der Waals surface area contributed by atoms with E-state index in [1.807, 2.05) is 56.3 Å². The van der Waals surface area contributed by atoms with E-state index in [9.17, 15) is 4.79 Å². The molecule has 1 amide bonds. The van der Waals surface area contributed by atoms with Gasteiger partial charge in [-0.05, 0) is 68.7 Å². The number of carbonyl (C=O) groups is 1. The maximum Gasteiger partial charge on any atom is 0.251 e. The Balaban J connectivity index is 1.58. The molecular formula is C30H38N4O3. The molecule has 196 valence electrons. The molecule has 1 fully saturated rings. The van der Waals surface area contributed by atoms with Crippen LogP contribution in [0.3, 0.4) is 0 Å². The number of carbonyl (C=O) groups excluding carboxylic acids is 1. The fraction of sp³-hybridized carbons (Fsp3) is 0.400. The predicted octanol–water partition coefficient (Wildman–Crippen LogP) is 6.25. The first kappa shape index (κ1) is 26.3. The second-order valence-electron chi connectivity index (χ2n) is 9.53. The van der Waals surface area contributed by atoms with E-state index in [-0.39, 0.29) is 18.1 Å². The molecule has 1 aliphatic heterocycles. The van der Waals surface area contributed by atoms with Gasteiger partial charge in [0.25, 0.3) is 5.91 Å². The largest absolute Gasteiger partial charge is 0.493 e. The van der Waals surface area contributed by atoms with E-state index < -0.39 is 0 Å². The number of hydrogen-bond donors (Lipinski definition) is 2. The number of allylic oxidation sites excluding steroid dienone is 1. The second-order valence-corrected chi connectivity index (χ2v) is 9.53. The maximum absolute atomic E-state index is 13.2. The van der Waals surface area contributed by atoms with Crippen LogP contribution < -0.4 is 25.0 Å². The molecule has 7 heteroatoms. The molecule has 0 radical (unpaired) electrons. The SMILES string of the molecule is C=CC(=N/C=C\C)C1Nc2cc(C(=O)NC(C)c3ccc(OC)c(OC)c3)ccc2N1C1CCCCC1. The van der Waals surface area contributed by atoms with E-state index >= 15 is 0 Å². The molecule has 1 heterocycles. The third-order valence-corrected chi connectivity index (χ3v) is 7.19. The Bertz CT molecular complexity index is 1180. The molecule has 0 bridgehead atoms. The number of methoxy groups -OCH3 is 2. The predicted molar refractivity (Wildman–Crippen MR) is 151 cm³/mol. The number of fused-ring (bicyclic) bond motifs is 1. The maximum atomic E-state index is 13.2. The Kier molecular flexibility index (Phi) is 8.54. The van der Waals surface area contributed by atoms with E-state index in [1.165, 1.54) is 19.3 Å². The van der Waals surface area contributed by atoms with Crippen LogP contribution in [0.4, 0.5) is 11.4 Å². The highest BCUT2D eigenvalue weighted by molar-refractivity contribution is 6.06. The molecule has 2 unspecified atom stereocenters. The summed E-state index contributed by atoms with van der Waals surface area (Å²) in [5.74, 6) is 1.16. The van der Waals surface area contributed by atoms with Crippen LogP contribution in [0, 0.1) is 0 Å². The minimum absolute atomic E-state index is 0.115. The standard InChI is InChI=1S/C30H38N4O3/c1-6-17-31-24(7-2)29-33-25-18-22(13-15-26(25)34(29)23-11-9-8-10-12-23)30(35)32-20(3)21-14-16-27(36-4)28(19-21)37-5/h6-7,13-20,23,29,33H,2,8-12H2,1,3-5H3,(H,32,35)/b17-6-,31-24?. The second kappa shape index (κ2) is 12.0. The molecule has 7 nitrogen and oxygen atoms in total. The minimum Gasteiger partial charge on any atom is -0.493 e. The number of rotatable bonds is 9. The summed E-state index contributed by atoms with van der Waals surface area (Å²) in [6.07, 6.45) is 11.5. The number of hydrogen-bond acceptors (Lipinski definition) is 6. The van der Waals surface area contributed by atoms with Crippen molar-refractivity contribution in [1.82, 2.24) is 5.32 Å². The van der Waals surface area contributed by atoms with Gasteiger partial charge in [0.15, 0.2) is 11.5 Å². The lowest BCUT2D eigenvalue weighted by Gasteiger charge is -2.37. The van der Waals surface area contributed by atoms with Crippen LogP contribution in [0.25, 0.3) is 0 Å². The fourth-order valence-electron chi connectivity index (χ4n) is 5.24. The van der Waals surface area contributed by atoms with E-state index in [0.29, 0.717) is 23.1 Å². The van der Waals surface area contributed by atoms with Crippen molar-refractivity contribution in [2.75, 3.05) is 24.4 Å². The van der Waals surface area contributed by atoms with Crippen molar-refractivity contribution in [3.63, 3.8) is 0 Å². The van der Waals surface area contributed by atoms with Crippen molar-refractivity contribution in [1.29, 1.82) is 0 Å². The summed E-state index contributed by atoms with van der Waals surface area (Å²) in [7, 11) is 3.21. The molecule has 4 rings (SSSR count). The summed E-state index contributed by atoms with van der Waals surface area (Å²) in [6, 6.07) is 11.8. The van der Waals surface area contributed by atoms with E-state index in [1.54, 1.807) is 20.4 Å². The molecular weight excluding hydrogens is 464 g/mol. The Hall–Kier alpha value is -3.74. The smallest absolute Gasteiger partial charge is 0.251 e. The number of benzene rings is 2. The Labute approximate surface area is 220 Å². The van der Waals surface area contributed by atoms with Crippen molar-refractivity contribution in [3.8, 4) is 11.5 Å². The van der Waals surface area contributed by atoms with Crippen LogP contribution in [0.15, 0.2) is 66.3 Å². The monoisotopic (exact) mass is 502 g/mol. The zero-order valence-corrected chi connectivity index (χ0v) is 22.3. The number of ether oxygens (including phenoxy) is 2. The van der Waals surface area contributed by atoms with Crippen LogP contribution in [-0.2, 0) is 0 Å². The third kappa shape index (κ3) is 5.66. The van der Waals surface area contributed by atoms with Crippen molar-refractivity contribution >= 4 is 23.0 Å². The van der Waals surface area contributed by atoms with Crippen LogP contribution in [0.2, 0.25) is 0 Å². The lowest BCUT2D eigenvalue weighted by molar-refractivity contribution is 0.0940. The molecule has 2 N–H and O–H groups in total. The Morgan fingerprint density at radius 2 is 1.89 bits per heavy atom. The van der Waals surface area contributed by atoms with Gasteiger partial charge in [-0.15, -0.1) is 0 Å². The van der Waals surface area contributed by atoms with Crippen LogP contribution in [0.5, 0.6) is 11.5 Å². The normalized spacial score (nSPS) is 18.8. The highest BCUT2D eigenvalue weighted by Gasteiger charge is 2.37. The van der Waals surface area contributed by atoms with Crippen molar-refractivity contribution in [2.24, 2.45) is 4.99 Å². The van der Waals surface area contributed by atoms with Crippen molar-refractivity contribution in [3.05, 3.63) is 72.5 Å². The lowest BCUT2D eigenvalue weighted by Crippen LogP contribution is -2.48. The summed E-state index contributed by atoms with van der Waals surface area (Å²) in [4.78, 5) is 20.3. The summed E-state index contributed by atoms with van der Waals surface area (Å²) in [5.41, 5.74) is 4.46. The van der Waals surface area contributed by atoms with Crippen molar-refractivity contribution in [2.45, 2.75) is 64.2 Å². The van der Waals surface area contributed by atoms with Gasteiger partial charge < -0.3 is 25.0 Å².